The fourth-order valence-electron chi connectivity index (χ4n) is 2.47. The molecule has 0 spiro atoms. The quantitative estimate of drug-likeness (QED) is 0.810. The van der Waals surface area contributed by atoms with E-state index in [-0.39, 0.29) is 12.0 Å². The van der Waals surface area contributed by atoms with Gasteiger partial charge in [-0.25, -0.2) is 0 Å². The Balaban J connectivity index is 1.80. The Kier molecular flexibility index (Phi) is 5.01. The van der Waals surface area contributed by atoms with Gasteiger partial charge in [-0.3, -0.25) is 9.36 Å². The van der Waals surface area contributed by atoms with E-state index in [9.17, 15) is 4.79 Å². The van der Waals surface area contributed by atoms with Crippen LogP contribution in [0.15, 0.2) is 24.3 Å². The molecule has 3 rings (SSSR count). The summed E-state index contributed by atoms with van der Waals surface area (Å²) in [5, 5.41) is 3.50. The molecule has 0 saturated carbocycles. The van der Waals surface area contributed by atoms with Crippen molar-refractivity contribution in [2.24, 2.45) is 0 Å². The number of aromatic nitrogens is 1. The van der Waals surface area contributed by atoms with Gasteiger partial charge in [0.2, 0.25) is 0 Å². The van der Waals surface area contributed by atoms with E-state index in [1.807, 2.05) is 12.1 Å². The highest BCUT2D eigenvalue weighted by Crippen LogP contribution is 2.27. The highest BCUT2D eigenvalue weighted by Gasteiger charge is 2.21. The number of carbonyl (C=O) groups excluding carboxylic acids is 1. The lowest BCUT2D eigenvalue weighted by molar-refractivity contribution is 0.0861. The summed E-state index contributed by atoms with van der Waals surface area (Å²) in [7, 11) is 0. The third-order valence-electron chi connectivity index (χ3n) is 3.65. The summed E-state index contributed by atoms with van der Waals surface area (Å²) in [6.45, 7) is 1.25. The second kappa shape index (κ2) is 7.00. The van der Waals surface area contributed by atoms with Gasteiger partial charge in [0.1, 0.15) is 10.7 Å². The number of nitrogens with one attached hydrogen (secondary N) is 1. The van der Waals surface area contributed by atoms with Crippen molar-refractivity contribution < 1.29 is 9.53 Å². The van der Waals surface area contributed by atoms with Gasteiger partial charge in [-0.1, -0.05) is 22.9 Å². The number of rotatable bonds is 4. The normalized spacial score (nSPS) is 17.3. The predicted octanol–water partition coefficient (Wildman–Crippen LogP) is 3.41. The molecule has 3 N–H and O–H groups in total. The molecule has 0 bridgehead atoms. The molecule has 1 aliphatic rings. The molecule has 8 heteroatoms. The van der Waals surface area contributed by atoms with E-state index < -0.39 is 0 Å². The first-order valence-corrected chi connectivity index (χ1v) is 8.83. The first-order valence-electron chi connectivity index (χ1n) is 7.23. The average Bonchev–Trinajstić information content (AvgIpc) is 3.14. The number of nitrogens with zero attached hydrogens (tertiary/aromatic N) is 1. The zero-order chi connectivity index (χ0) is 16.4. The van der Waals surface area contributed by atoms with Crippen LogP contribution in [0.1, 0.15) is 22.5 Å². The van der Waals surface area contributed by atoms with Crippen LogP contribution < -0.4 is 11.1 Å². The number of nitrogen functional groups attached to an aromatic ring is 1. The average molecular weight is 370 g/mol. The molecule has 0 unspecified atom stereocenters. The van der Waals surface area contributed by atoms with Crippen molar-refractivity contribution in [3.05, 3.63) is 38.1 Å². The molecule has 0 radical (unpaired) electrons. The molecule has 2 heterocycles. The second-order valence-electron chi connectivity index (χ2n) is 5.24. The maximum Gasteiger partial charge on any atom is 0.265 e. The molecule has 0 aliphatic carbocycles. The molecular formula is C15H16ClN3O2S2. The topological polar surface area (TPSA) is 69.3 Å². The minimum Gasteiger partial charge on any atom is -0.383 e. The highest BCUT2D eigenvalue weighted by molar-refractivity contribution is 7.73. The van der Waals surface area contributed by atoms with E-state index in [4.69, 9.17) is 34.3 Å². The van der Waals surface area contributed by atoms with Gasteiger partial charge in [0.05, 0.1) is 6.10 Å². The van der Waals surface area contributed by atoms with E-state index in [2.05, 4.69) is 5.32 Å². The number of amides is 1. The van der Waals surface area contributed by atoms with E-state index >= 15 is 0 Å². The van der Waals surface area contributed by atoms with Crippen molar-refractivity contribution in [2.45, 2.75) is 18.9 Å². The molecule has 1 aromatic heterocycles. The highest BCUT2D eigenvalue weighted by atomic mass is 35.5. The molecule has 1 aliphatic heterocycles. The van der Waals surface area contributed by atoms with Gasteiger partial charge in [0.25, 0.3) is 5.91 Å². The summed E-state index contributed by atoms with van der Waals surface area (Å²) in [6.07, 6.45) is 2.10. The predicted molar refractivity (Wildman–Crippen MR) is 95.2 cm³/mol. The summed E-state index contributed by atoms with van der Waals surface area (Å²) in [5.41, 5.74) is 6.92. The molecule has 2 aromatic rings. The van der Waals surface area contributed by atoms with Crippen molar-refractivity contribution in [1.82, 2.24) is 9.88 Å². The Morgan fingerprint density at radius 3 is 2.87 bits per heavy atom. The maximum absolute atomic E-state index is 12.4. The van der Waals surface area contributed by atoms with Gasteiger partial charge in [-0.05, 0) is 49.3 Å². The Labute approximate surface area is 148 Å². The van der Waals surface area contributed by atoms with Crippen LogP contribution in [0.2, 0.25) is 5.02 Å². The number of nitrogens with two attached hydrogens (primary N) is 1. The largest absolute Gasteiger partial charge is 0.383 e. The first-order chi connectivity index (χ1) is 11.1. The number of benzene rings is 1. The number of halogens is 1. The molecular weight excluding hydrogens is 354 g/mol. The number of ether oxygens (including phenoxy) is 1. The molecule has 1 atom stereocenters. The summed E-state index contributed by atoms with van der Waals surface area (Å²) in [5.74, 6) is 0.119. The van der Waals surface area contributed by atoms with E-state index in [1.165, 1.54) is 11.3 Å². The number of hydrogen-bond acceptors (Lipinski definition) is 5. The number of thiazole rings is 1. The Morgan fingerprint density at radius 2 is 2.22 bits per heavy atom. The molecule has 23 heavy (non-hydrogen) atoms. The standard InChI is InChI=1S/C15H16ClN3O2S2/c16-9-3-5-10(6-4-9)19-13(17)12(23-15(19)22)14(20)18-8-11-2-1-7-21-11/h3-6,11H,1-2,7-8,17H2,(H,18,20)/t11-/m1/s1. The third kappa shape index (κ3) is 3.58. The number of carbonyl (C=O) groups is 1. The van der Waals surface area contributed by atoms with Gasteiger partial charge in [0, 0.05) is 23.9 Å². The van der Waals surface area contributed by atoms with Gasteiger partial charge >= 0.3 is 0 Å². The van der Waals surface area contributed by atoms with Gasteiger partial charge < -0.3 is 15.8 Å². The monoisotopic (exact) mass is 369 g/mol. The van der Waals surface area contributed by atoms with Crippen molar-refractivity contribution in [2.75, 3.05) is 18.9 Å². The van der Waals surface area contributed by atoms with Gasteiger partial charge in [-0.15, -0.1) is 0 Å². The summed E-state index contributed by atoms with van der Waals surface area (Å²) < 4.78 is 7.70. The van der Waals surface area contributed by atoms with Crippen molar-refractivity contribution in [1.29, 1.82) is 0 Å². The first kappa shape index (κ1) is 16.4. The van der Waals surface area contributed by atoms with Crippen LogP contribution in [0.5, 0.6) is 0 Å². The fraction of sp³-hybridized carbons (Fsp3) is 0.333. The molecule has 1 saturated heterocycles. The molecule has 1 amide bonds. The molecule has 1 aromatic carbocycles. The van der Waals surface area contributed by atoms with E-state index in [0.717, 1.165) is 25.1 Å². The van der Waals surface area contributed by atoms with Crippen LogP contribution in [0.25, 0.3) is 5.69 Å². The van der Waals surface area contributed by atoms with Crippen LogP contribution in [-0.4, -0.2) is 29.7 Å². The Morgan fingerprint density at radius 1 is 1.48 bits per heavy atom. The van der Waals surface area contributed by atoms with E-state index in [1.54, 1.807) is 16.7 Å². The Bertz CT molecular complexity index is 764. The van der Waals surface area contributed by atoms with Crippen LogP contribution >= 0.6 is 35.2 Å². The summed E-state index contributed by atoms with van der Waals surface area (Å²) >= 11 is 12.4. The number of anilines is 1. The lowest BCUT2D eigenvalue weighted by atomic mass is 10.2. The minimum absolute atomic E-state index is 0.0893. The second-order valence-corrected chi connectivity index (χ2v) is 7.32. The van der Waals surface area contributed by atoms with Crippen molar-refractivity contribution in [3.63, 3.8) is 0 Å². The lowest BCUT2D eigenvalue weighted by Gasteiger charge is -2.10. The van der Waals surface area contributed by atoms with E-state index in [0.29, 0.717) is 26.2 Å². The SMILES string of the molecule is Nc1c(C(=O)NC[C@H]2CCCO2)sc(=S)n1-c1ccc(Cl)cc1. The molecule has 1 fully saturated rings. The smallest absolute Gasteiger partial charge is 0.265 e. The van der Waals surface area contributed by atoms with Crippen molar-refractivity contribution >= 4 is 46.9 Å². The molecule has 122 valence electrons. The van der Waals surface area contributed by atoms with Crippen LogP contribution in [0.3, 0.4) is 0 Å². The number of hydrogen-bond donors (Lipinski definition) is 2. The molecule has 5 nitrogen and oxygen atoms in total. The van der Waals surface area contributed by atoms with Crippen LogP contribution in [0.4, 0.5) is 5.82 Å². The summed E-state index contributed by atoms with van der Waals surface area (Å²) in [6, 6.07) is 7.14. The zero-order valence-electron chi connectivity index (χ0n) is 12.3. The fourth-order valence-corrected chi connectivity index (χ4v) is 3.88. The Hall–Kier alpha value is -1.41. The summed E-state index contributed by atoms with van der Waals surface area (Å²) in [4.78, 5) is 12.8. The van der Waals surface area contributed by atoms with Crippen molar-refractivity contribution in [3.8, 4) is 5.69 Å². The van der Waals surface area contributed by atoms with Crippen LogP contribution in [0, 0.1) is 3.95 Å². The zero-order valence-corrected chi connectivity index (χ0v) is 14.6. The lowest BCUT2D eigenvalue weighted by Crippen LogP contribution is -2.31. The minimum atomic E-state index is -0.221. The van der Waals surface area contributed by atoms with Gasteiger partial charge in [-0.2, -0.15) is 0 Å². The van der Waals surface area contributed by atoms with Crippen LogP contribution in [-0.2, 0) is 4.74 Å². The maximum atomic E-state index is 12.4. The van der Waals surface area contributed by atoms with Gasteiger partial charge in [0.15, 0.2) is 3.95 Å². The third-order valence-corrected chi connectivity index (χ3v) is 5.29.